The van der Waals surface area contributed by atoms with Crippen LogP contribution in [0.2, 0.25) is 0 Å². The third kappa shape index (κ3) is 4.93. The number of hydrogen-bond donors (Lipinski definition) is 3. The van der Waals surface area contributed by atoms with E-state index in [2.05, 4.69) is 26.6 Å². The summed E-state index contributed by atoms with van der Waals surface area (Å²) in [6, 6.07) is 3.99. The van der Waals surface area contributed by atoms with Crippen LogP contribution in [0.5, 0.6) is 0 Å². The molecule has 0 aromatic heterocycles. The number of amides is 2. The Bertz CT molecular complexity index is 550. The zero-order valence-corrected chi connectivity index (χ0v) is 13.4. The van der Waals surface area contributed by atoms with Crippen molar-refractivity contribution in [2.24, 2.45) is 0 Å². The quantitative estimate of drug-likeness (QED) is 0.746. The highest BCUT2D eigenvalue weighted by Crippen LogP contribution is 2.21. The lowest BCUT2D eigenvalue weighted by Gasteiger charge is -2.12. The molecule has 1 aromatic carbocycles. The SMILES string of the molecule is CC(CNC(=O)Nc1ccc(Br)cc1C(=O)O)S(C)=O. The lowest BCUT2D eigenvalue weighted by molar-refractivity contribution is 0.0698. The molecule has 0 saturated carbocycles. The lowest BCUT2D eigenvalue weighted by atomic mass is 10.2. The molecule has 8 heteroatoms. The van der Waals surface area contributed by atoms with E-state index in [9.17, 15) is 13.8 Å². The average Bonchev–Trinajstić information content (AvgIpc) is 2.37. The number of carbonyl (C=O) groups excluding carboxylic acids is 1. The maximum atomic E-state index is 11.7. The second-order valence-electron chi connectivity index (χ2n) is 4.14. The number of carbonyl (C=O) groups is 2. The molecule has 0 bridgehead atoms. The molecule has 110 valence electrons. The fraction of sp³-hybridized carbons (Fsp3) is 0.333. The van der Waals surface area contributed by atoms with E-state index in [0.29, 0.717) is 4.47 Å². The minimum absolute atomic E-state index is 0.0124. The van der Waals surface area contributed by atoms with Gasteiger partial charge in [-0.05, 0) is 25.1 Å². The van der Waals surface area contributed by atoms with Gasteiger partial charge in [-0.15, -0.1) is 0 Å². The number of aromatic carboxylic acids is 1. The van der Waals surface area contributed by atoms with Crippen molar-refractivity contribution in [3.05, 3.63) is 28.2 Å². The van der Waals surface area contributed by atoms with Crippen LogP contribution < -0.4 is 10.6 Å². The zero-order valence-electron chi connectivity index (χ0n) is 11.0. The number of carboxylic acid groups (broad SMARTS) is 1. The first kappa shape index (κ1) is 16.6. The monoisotopic (exact) mass is 362 g/mol. The Balaban J connectivity index is 2.71. The summed E-state index contributed by atoms with van der Waals surface area (Å²) < 4.78 is 11.8. The first-order valence-corrected chi connectivity index (χ1v) is 8.12. The van der Waals surface area contributed by atoms with Gasteiger partial charge in [-0.25, -0.2) is 9.59 Å². The van der Waals surface area contributed by atoms with Gasteiger partial charge in [0.25, 0.3) is 0 Å². The van der Waals surface area contributed by atoms with Crippen molar-refractivity contribution in [1.29, 1.82) is 0 Å². The van der Waals surface area contributed by atoms with Gasteiger partial charge in [0.1, 0.15) is 0 Å². The van der Waals surface area contributed by atoms with Crippen LogP contribution in [-0.4, -0.2) is 39.4 Å². The molecule has 3 N–H and O–H groups in total. The average molecular weight is 363 g/mol. The molecule has 0 heterocycles. The van der Waals surface area contributed by atoms with Gasteiger partial charge in [0.05, 0.1) is 11.3 Å². The van der Waals surface area contributed by atoms with Crippen LogP contribution in [0.3, 0.4) is 0 Å². The van der Waals surface area contributed by atoms with E-state index < -0.39 is 22.8 Å². The smallest absolute Gasteiger partial charge is 0.337 e. The van der Waals surface area contributed by atoms with Gasteiger partial charge in [-0.3, -0.25) is 4.21 Å². The number of halogens is 1. The molecular formula is C12H15BrN2O4S. The number of rotatable bonds is 5. The predicted molar refractivity (Wildman–Crippen MR) is 81.7 cm³/mol. The van der Waals surface area contributed by atoms with Gasteiger partial charge in [0.2, 0.25) is 0 Å². The minimum atomic E-state index is -1.13. The molecule has 0 spiro atoms. The van der Waals surface area contributed by atoms with Crippen LogP contribution in [0.25, 0.3) is 0 Å². The molecule has 0 saturated heterocycles. The predicted octanol–water partition coefficient (Wildman–Crippen LogP) is 2.04. The summed E-state index contributed by atoms with van der Waals surface area (Å²) in [7, 11) is -1.03. The van der Waals surface area contributed by atoms with Crippen molar-refractivity contribution < 1.29 is 18.9 Å². The lowest BCUT2D eigenvalue weighted by Crippen LogP contribution is -2.35. The molecule has 20 heavy (non-hydrogen) atoms. The van der Waals surface area contributed by atoms with Gasteiger partial charge in [-0.2, -0.15) is 0 Å². The van der Waals surface area contributed by atoms with Crippen LogP contribution in [0, 0.1) is 0 Å². The van der Waals surface area contributed by atoms with Crippen molar-refractivity contribution in [2.45, 2.75) is 12.2 Å². The highest BCUT2D eigenvalue weighted by molar-refractivity contribution is 9.10. The van der Waals surface area contributed by atoms with Crippen LogP contribution in [0.4, 0.5) is 10.5 Å². The molecule has 2 unspecified atom stereocenters. The maximum absolute atomic E-state index is 11.7. The van der Waals surface area contributed by atoms with Gasteiger partial charge in [0.15, 0.2) is 0 Å². The first-order valence-electron chi connectivity index (χ1n) is 5.71. The van der Waals surface area contributed by atoms with Gasteiger partial charge in [-0.1, -0.05) is 15.9 Å². The highest BCUT2D eigenvalue weighted by Gasteiger charge is 2.14. The van der Waals surface area contributed by atoms with Crippen LogP contribution >= 0.6 is 15.9 Å². The number of anilines is 1. The number of urea groups is 1. The summed E-state index contributed by atoms with van der Waals surface area (Å²) in [5, 5.41) is 13.9. The van der Waals surface area contributed by atoms with Crippen molar-refractivity contribution in [2.75, 3.05) is 18.1 Å². The third-order valence-electron chi connectivity index (χ3n) is 2.58. The Morgan fingerprint density at radius 2 is 2.10 bits per heavy atom. The molecule has 0 fully saturated rings. The van der Waals surface area contributed by atoms with Crippen LogP contribution in [0.15, 0.2) is 22.7 Å². The van der Waals surface area contributed by atoms with Gasteiger partial charge >= 0.3 is 12.0 Å². The minimum Gasteiger partial charge on any atom is -0.478 e. The van der Waals surface area contributed by atoms with Gasteiger partial charge in [0, 0.05) is 33.3 Å². The number of nitrogens with one attached hydrogen (secondary N) is 2. The topological polar surface area (TPSA) is 95.5 Å². The van der Waals surface area contributed by atoms with E-state index in [0.717, 1.165) is 0 Å². The Labute approximate surface area is 127 Å². The molecule has 1 aromatic rings. The fourth-order valence-electron chi connectivity index (χ4n) is 1.32. The summed E-state index contributed by atoms with van der Waals surface area (Å²) in [5.41, 5.74) is 0.185. The molecule has 2 amide bonds. The molecule has 1 rings (SSSR count). The fourth-order valence-corrected chi connectivity index (χ4v) is 2.00. The Kier molecular flexibility index (Phi) is 6.15. The molecule has 0 aliphatic heterocycles. The Morgan fingerprint density at radius 1 is 1.45 bits per heavy atom. The van der Waals surface area contributed by atoms with Crippen molar-refractivity contribution >= 4 is 44.4 Å². The summed E-state index contributed by atoms with van der Waals surface area (Å²) >= 11 is 3.17. The number of hydrogen-bond acceptors (Lipinski definition) is 3. The zero-order chi connectivity index (χ0) is 15.3. The molecule has 0 aliphatic carbocycles. The second kappa shape index (κ2) is 7.39. The van der Waals surface area contributed by atoms with Crippen LogP contribution in [-0.2, 0) is 10.8 Å². The summed E-state index contributed by atoms with van der Waals surface area (Å²) in [6.45, 7) is 1.99. The summed E-state index contributed by atoms with van der Waals surface area (Å²) in [6.07, 6.45) is 1.56. The molecule has 6 nitrogen and oxygen atoms in total. The van der Waals surface area contributed by atoms with Crippen molar-refractivity contribution in [3.63, 3.8) is 0 Å². The Hall–Kier alpha value is -1.41. The highest BCUT2D eigenvalue weighted by atomic mass is 79.9. The van der Waals surface area contributed by atoms with E-state index in [-0.39, 0.29) is 23.0 Å². The molecule has 2 atom stereocenters. The van der Waals surface area contributed by atoms with E-state index in [4.69, 9.17) is 5.11 Å². The number of carboxylic acids is 1. The van der Waals surface area contributed by atoms with Crippen LogP contribution in [0.1, 0.15) is 17.3 Å². The number of benzene rings is 1. The summed E-state index contributed by atoms with van der Waals surface area (Å²) in [5.74, 6) is -1.13. The van der Waals surface area contributed by atoms with E-state index >= 15 is 0 Å². The normalized spacial score (nSPS) is 13.3. The Morgan fingerprint density at radius 3 is 2.65 bits per heavy atom. The van der Waals surface area contributed by atoms with E-state index in [1.165, 1.54) is 12.1 Å². The van der Waals surface area contributed by atoms with E-state index in [1.807, 2.05) is 0 Å². The molecular weight excluding hydrogens is 348 g/mol. The molecule has 0 aliphatic rings. The molecule has 0 radical (unpaired) electrons. The van der Waals surface area contributed by atoms with E-state index in [1.54, 1.807) is 19.2 Å². The largest absolute Gasteiger partial charge is 0.478 e. The standard InChI is InChI=1S/C12H15BrN2O4S/c1-7(20(2)19)6-14-12(18)15-10-4-3-8(13)5-9(10)11(16)17/h3-5,7H,6H2,1-2H3,(H,16,17)(H2,14,15,18). The second-order valence-corrected chi connectivity index (χ2v) is 6.86. The summed E-state index contributed by atoms with van der Waals surface area (Å²) in [4.78, 5) is 22.8. The first-order chi connectivity index (χ1) is 9.31. The maximum Gasteiger partial charge on any atom is 0.337 e. The third-order valence-corrected chi connectivity index (χ3v) is 4.37. The van der Waals surface area contributed by atoms with Crippen molar-refractivity contribution in [3.8, 4) is 0 Å². The van der Waals surface area contributed by atoms with Gasteiger partial charge < -0.3 is 15.7 Å². The van der Waals surface area contributed by atoms with Crippen molar-refractivity contribution in [1.82, 2.24) is 5.32 Å².